The van der Waals surface area contributed by atoms with Crippen LogP contribution < -0.4 is 0 Å². The van der Waals surface area contributed by atoms with Crippen molar-refractivity contribution in [2.24, 2.45) is 0 Å². The van der Waals surface area contributed by atoms with E-state index in [4.69, 9.17) is 31.1 Å². The quantitative estimate of drug-likeness (QED) is 0.0998. The zero-order valence-corrected chi connectivity index (χ0v) is 45.0. The Morgan fingerprint density at radius 1 is 0.620 bits per heavy atom. The second-order valence-electron chi connectivity index (χ2n) is 21.8. The van der Waals surface area contributed by atoms with Crippen molar-refractivity contribution in [3.8, 4) is 22.5 Å². The maximum atomic E-state index is 14.6. The minimum Gasteiger partial charge on any atom is -0.444 e. The summed E-state index contributed by atoms with van der Waals surface area (Å²) in [6, 6.07) is -0.212. The Bertz CT molecular complexity index is 2760. The average molecular weight is 1140 g/mol. The summed E-state index contributed by atoms with van der Waals surface area (Å²) in [6.45, 7) is 13.3. The summed E-state index contributed by atoms with van der Waals surface area (Å²) >= 11 is 6.21. The number of halogens is 9. The zero-order chi connectivity index (χ0) is 57.8. The molecule has 0 radical (unpaired) electrons. The van der Waals surface area contributed by atoms with Crippen molar-refractivity contribution in [3.05, 3.63) is 82.7 Å². The van der Waals surface area contributed by atoms with Gasteiger partial charge in [0.1, 0.15) is 23.5 Å². The number of ketones is 2. The largest absolute Gasteiger partial charge is 0.454 e. The van der Waals surface area contributed by atoms with E-state index in [9.17, 15) is 54.3 Å². The monoisotopic (exact) mass is 1140 g/mol. The third-order valence-corrected chi connectivity index (χ3v) is 13.5. The van der Waals surface area contributed by atoms with Gasteiger partial charge in [-0.2, -0.15) is 26.3 Å². The predicted octanol–water partition coefficient (Wildman–Crippen LogP) is 11.4. The van der Waals surface area contributed by atoms with Crippen LogP contribution in [-0.2, 0) is 44.3 Å². The first-order valence-electron chi connectivity index (χ1n) is 25.4. The smallest absolute Gasteiger partial charge is 0.444 e. The number of alkyl halides is 8. The lowest BCUT2D eigenvalue weighted by Crippen LogP contribution is -2.47. The van der Waals surface area contributed by atoms with Crippen LogP contribution in [0.5, 0.6) is 0 Å². The number of hydrogen-bond donors (Lipinski definition) is 2. The lowest BCUT2D eigenvalue weighted by atomic mass is 9.84. The lowest BCUT2D eigenvalue weighted by Gasteiger charge is -2.30. The molecule has 0 aromatic carbocycles. The molecule has 0 bridgehead atoms. The van der Waals surface area contributed by atoms with E-state index < -0.39 is 91.0 Å². The van der Waals surface area contributed by atoms with Gasteiger partial charge in [0.15, 0.2) is 11.6 Å². The van der Waals surface area contributed by atoms with Crippen LogP contribution >= 0.6 is 11.6 Å². The highest BCUT2D eigenvalue weighted by molar-refractivity contribution is 6.44. The summed E-state index contributed by atoms with van der Waals surface area (Å²) < 4.78 is 116. The van der Waals surface area contributed by atoms with E-state index in [1.807, 2.05) is 0 Å². The molecule has 26 heteroatoms. The first-order valence-corrected chi connectivity index (χ1v) is 25.7. The summed E-state index contributed by atoms with van der Waals surface area (Å²) in [7, 11) is -1.04. The SMILES string of the molecule is C.C[C@H]1[C@H](F)C[C@@H](C(=O)CCc2cc(-c3cnc(C(F)(F)F)nc3)ncc2C2CC2)N1C(=O)OC(C)(C)C.C[C@H]1[C@H](F)C[C@@H](C(=O)CCc2cc(-c3cnc(C(F)(F)F)nc3)ncc2Cl)N1C(=O)OC(C)(C)C.OB(O)C1CC1. The highest BCUT2D eigenvalue weighted by atomic mass is 35.5. The van der Waals surface area contributed by atoms with Crippen LogP contribution in [0.15, 0.2) is 49.3 Å². The maximum absolute atomic E-state index is 14.6. The second-order valence-corrected chi connectivity index (χ2v) is 22.2. The lowest BCUT2D eigenvalue weighted by molar-refractivity contribution is -0.145. The number of aryl methyl sites for hydroxylation is 2. The first-order chi connectivity index (χ1) is 36.2. The predicted molar refractivity (Wildman–Crippen MR) is 276 cm³/mol. The number of aromatic nitrogens is 6. The van der Waals surface area contributed by atoms with Gasteiger partial charge >= 0.3 is 31.7 Å². The van der Waals surface area contributed by atoms with Gasteiger partial charge in [-0.3, -0.25) is 29.4 Å². The van der Waals surface area contributed by atoms with Crippen LogP contribution in [0.25, 0.3) is 22.5 Å². The summed E-state index contributed by atoms with van der Waals surface area (Å²) in [4.78, 5) is 75.9. The van der Waals surface area contributed by atoms with Gasteiger partial charge in [0.25, 0.3) is 0 Å². The number of hydrogen-bond acceptors (Lipinski definition) is 14. The van der Waals surface area contributed by atoms with E-state index >= 15 is 0 Å². The highest BCUT2D eigenvalue weighted by Gasteiger charge is 2.48. The molecule has 2 aliphatic carbocycles. The number of nitrogens with zero attached hydrogens (tertiary/aromatic N) is 8. The van der Waals surface area contributed by atoms with E-state index in [1.165, 1.54) is 24.1 Å². The number of amides is 2. The Morgan fingerprint density at radius 2 is 1.00 bits per heavy atom. The van der Waals surface area contributed by atoms with Crippen LogP contribution in [0.4, 0.5) is 44.7 Å². The summed E-state index contributed by atoms with van der Waals surface area (Å²) in [6.07, 6.45) is -2.08. The second kappa shape index (κ2) is 25.7. The van der Waals surface area contributed by atoms with Gasteiger partial charge in [0.2, 0.25) is 11.6 Å². The summed E-state index contributed by atoms with van der Waals surface area (Å²) in [5.41, 5.74) is 1.98. The molecule has 2 saturated carbocycles. The molecule has 4 fully saturated rings. The summed E-state index contributed by atoms with van der Waals surface area (Å²) in [5.74, 6) is -2.60. The fourth-order valence-electron chi connectivity index (χ4n) is 8.68. The Morgan fingerprint density at radius 3 is 1.34 bits per heavy atom. The first kappa shape index (κ1) is 63.9. The molecule has 4 aliphatic rings. The van der Waals surface area contributed by atoms with Crippen LogP contribution in [0.1, 0.15) is 148 Å². The van der Waals surface area contributed by atoms with Crippen molar-refractivity contribution in [3.63, 3.8) is 0 Å². The summed E-state index contributed by atoms with van der Waals surface area (Å²) in [5, 5.41) is 16.7. The van der Waals surface area contributed by atoms with E-state index in [-0.39, 0.29) is 73.2 Å². The standard InChI is InChI=1S/C26H30F4N4O3.C23H25ClF4N4O3.C3H7BO2.CH4/c1-14-19(27)10-21(34(14)24(36)37-25(2,3)4)22(35)8-7-16-9-20(31-13-18(16)15-5-6-15)17-11-32-23(33-12-17)26(28,29)30;1-12-16(25)8-18(32(12)21(34)35-22(2,3)4)19(33)6-5-13-7-17(29-11-15(13)24)14-9-30-20(31-10-14)23(26,27)28;5-4(6)3-1-2-3;/h9,11-15,19,21H,5-8,10H2,1-4H3;7,9-12,16,18H,5-6,8H2,1-4H3;3,5-6H,1-2H2;1H4/t14-,19+,21-;12-,16+,18-;;/m00../s1. The average Bonchev–Trinajstić information content (AvgIpc) is 4.30. The Labute approximate surface area is 458 Å². The molecule has 6 heterocycles. The van der Waals surface area contributed by atoms with E-state index in [0.29, 0.717) is 29.2 Å². The Balaban J connectivity index is 0.000000259. The number of carbonyl (C=O) groups is 4. The van der Waals surface area contributed by atoms with Gasteiger partial charge in [-0.05, 0) is 122 Å². The minimum absolute atomic E-state index is 0. The van der Waals surface area contributed by atoms with Gasteiger partial charge in [0.05, 0.1) is 40.6 Å². The maximum Gasteiger partial charge on any atom is 0.454 e. The van der Waals surface area contributed by atoms with Gasteiger partial charge in [0, 0.05) is 74.0 Å². The molecule has 0 spiro atoms. The van der Waals surface area contributed by atoms with Crippen LogP contribution in [0.2, 0.25) is 10.8 Å². The number of carbonyl (C=O) groups excluding carboxylic acids is 4. The van der Waals surface area contributed by atoms with Crippen molar-refractivity contribution < 1.29 is 73.8 Å². The molecule has 2 amide bonds. The number of ether oxygens (including phenoxy) is 2. The van der Waals surface area contributed by atoms with Crippen LogP contribution in [-0.4, -0.2) is 128 Å². The highest BCUT2D eigenvalue weighted by Crippen LogP contribution is 2.43. The number of Topliss-reactive ketones (excluding diaryl/α,β-unsaturated/α-hetero) is 2. The molecule has 0 unspecified atom stereocenters. The zero-order valence-electron chi connectivity index (χ0n) is 44.2. The van der Waals surface area contributed by atoms with Crippen molar-refractivity contribution >= 4 is 42.5 Å². The molecule has 6 atom stereocenters. The molecule has 8 rings (SSSR count). The fourth-order valence-corrected chi connectivity index (χ4v) is 8.88. The van der Waals surface area contributed by atoms with Gasteiger partial charge in [-0.1, -0.05) is 31.9 Å². The van der Waals surface area contributed by atoms with E-state index in [2.05, 4.69) is 29.9 Å². The van der Waals surface area contributed by atoms with Gasteiger partial charge in [-0.25, -0.2) is 38.3 Å². The molecule has 4 aromatic heterocycles. The third-order valence-electron chi connectivity index (χ3n) is 13.1. The minimum atomic E-state index is -4.67. The normalized spacial score (nSPS) is 21.2. The molecule has 2 saturated heterocycles. The molecular weight excluding hydrogens is 1070 g/mol. The molecule has 4 aromatic rings. The van der Waals surface area contributed by atoms with E-state index in [0.717, 1.165) is 66.5 Å². The molecule has 16 nitrogen and oxygen atoms in total. The third kappa shape index (κ3) is 17.5. The number of likely N-dealkylation sites (tertiary alicyclic amines) is 2. The van der Waals surface area contributed by atoms with Crippen molar-refractivity contribution in [2.45, 2.75) is 199 Å². The van der Waals surface area contributed by atoms with Crippen LogP contribution in [0, 0.1) is 0 Å². The van der Waals surface area contributed by atoms with Gasteiger partial charge < -0.3 is 19.5 Å². The van der Waals surface area contributed by atoms with E-state index in [1.54, 1.807) is 60.7 Å². The molecule has 2 aliphatic heterocycles. The van der Waals surface area contributed by atoms with Crippen molar-refractivity contribution in [1.29, 1.82) is 0 Å². The molecule has 432 valence electrons. The van der Waals surface area contributed by atoms with Crippen molar-refractivity contribution in [1.82, 2.24) is 39.7 Å². The van der Waals surface area contributed by atoms with Crippen molar-refractivity contribution in [2.75, 3.05) is 0 Å². The molecule has 2 N–H and O–H groups in total. The Hall–Kier alpha value is -5.95. The molecule has 79 heavy (non-hydrogen) atoms. The van der Waals surface area contributed by atoms with Gasteiger partial charge in [-0.15, -0.1) is 0 Å². The number of rotatable bonds is 12. The van der Waals surface area contributed by atoms with Crippen LogP contribution in [0.3, 0.4) is 0 Å². The number of pyridine rings is 2. The Kier molecular flexibility index (Phi) is 20.8. The fraction of sp³-hybridized carbons (Fsp3) is 0.585. The topological polar surface area (TPSA) is 211 Å². The molecular formula is C53H66BClF8N8O8.